The topological polar surface area (TPSA) is 153 Å². The molecule has 4 rings (SSSR count). The number of aromatic nitrogens is 5. The summed E-state index contributed by atoms with van der Waals surface area (Å²) in [5.74, 6) is -0.555. The van der Waals surface area contributed by atoms with Crippen molar-refractivity contribution in [1.29, 1.82) is 0 Å². The van der Waals surface area contributed by atoms with Gasteiger partial charge in [0.25, 0.3) is 0 Å². The molecule has 34 heavy (non-hydrogen) atoms. The monoisotopic (exact) mass is 484 g/mol. The van der Waals surface area contributed by atoms with E-state index in [1.165, 1.54) is 10.9 Å². The van der Waals surface area contributed by atoms with E-state index in [1.807, 2.05) is 0 Å². The van der Waals surface area contributed by atoms with Crippen LogP contribution in [0.15, 0.2) is 36.7 Å². The first-order valence-corrected chi connectivity index (χ1v) is 10.7. The Bertz CT molecular complexity index is 1230. The van der Waals surface area contributed by atoms with Crippen molar-refractivity contribution in [3.05, 3.63) is 47.4 Å². The van der Waals surface area contributed by atoms with Crippen molar-refractivity contribution in [3.63, 3.8) is 0 Å². The molecule has 0 aromatic carbocycles. The van der Waals surface area contributed by atoms with Crippen LogP contribution in [-0.4, -0.2) is 49.4 Å². The minimum Gasteiger partial charge on any atom is -0.441 e. The van der Waals surface area contributed by atoms with Crippen molar-refractivity contribution in [1.82, 2.24) is 30.3 Å². The van der Waals surface area contributed by atoms with Gasteiger partial charge >= 0.3 is 6.09 Å². The number of ether oxygens (including phenoxy) is 1. The molecule has 1 aliphatic rings. The highest BCUT2D eigenvalue weighted by Crippen LogP contribution is 2.27. The van der Waals surface area contributed by atoms with Gasteiger partial charge in [-0.2, -0.15) is 0 Å². The third kappa shape index (κ3) is 5.12. The van der Waals surface area contributed by atoms with E-state index >= 15 is 0 Å². The summed E-state index contributed by atoms with van der Waals surface area (Å²) in [5, 5.41) is 16.3. The Hall–Kier alpha value is -4.06. The number of nitrogens with zero attached hydrogens (tertiary/aromatic N) is 5. The van der Waals surface area contributed by atoms with Crippen LogP contribution < -0.4 is 16.0 Å². The molecule has 3 N–H and O–H groups in total. The van der Waals surface area contributed by atoms with Crippen molar-refractivity contribution in [2.45, 2.75) is 19.4 Å². The number of rotatable bonds is 6. The molecule has 0 saturated carbocycles. The molecule has 0 spiro atoms. The van der Waals surface area contributed by atoms with Crippen LogP contribution >= 0.6 is 11.6 Å². The minimum absolute atomic E-state index is 0.146. The zero-order valence-corrected chi connectivity index (χ0v) is 19.0. The second-order valence-electron chi connectivity index (χ2n) is 7.59. The van der Waals surface area contributed by atoms with Crippen molar-refractivity contribution in [3.8, 4) is 11.4 Å². The summed E-state index contributed by atoms with van der Waals surface area (Å²) in [4.78, 5) is 44.4. The van der Waals surface area contributed by atoms with Gasteiger partial charge < -0.3 is 15.4 Å². The highest BCUT2D eigenvalue weighted by atomic mass is 35.5. The molecule has 3 aromatic rings. The van der Waals surface area contributed by atoms with Gasteiger partial charge in [-0.1, -0.05) is 22.9 Å². The average Bonchev–Trinajstić information content (AvgIpc) is 3.40. The van der Waals surface area contributed by atoms with Crippen LogP contribution in [0.4, 0.5) is 16.3 Å². The summed E-state index contributed by atoms with van der Waals surface area (Å²) in [5.41, 5.74) is 1.77. The lowest BCUT2D eigenvalue weighted by atomic mass is 10.1. The molecule has 0 bridgehead atoms. The lowest BCUT2D eigenvalue weighted by Crippen LogP contribution is -2.24. The Morgan fingerprint density at radius 3 is 2.76 bits per heavy atom. The Balaban J connectivity index is 1.43. The lowest BCUT2D eigenvalue weighted by Gasteiger charge is -2.15. The molecule has 12 nitrogen and oxygen atoms in total. The van der Waals surface area contributed by atoms with E-state index in [9.17, 15) is 14.4 Å². The minimum atomic E-state index is -0.734. The SMILES string of the molecule is C[C@@H](OC(=O)Nc1c(-c2ccc(NC(=O)[C@H]3CNC(=O)C3)cn2)nnn1C)c1cccnc1Cl. The van der Waals surface area contributed by atoms with Crippen LogP contribution in [0.1, 0.15) is 25.0 Å². The van der Waals surface area contributed by atoms with E-state index in [-0.39, 0.29) is 29.2 Å². The molecule has 2 atom stereocenters. The Kier molecular flexibility index (Phi) is 6.68. The van der Waals surface area contributed by atoms with Crippen molar-refractivity contribution in [2.75, 3.05) is 17.2 Å². The zero-order valence-electron chi connectivity index (χ0n) is 18.3. The smallest absolute Gasteiger partial charge is 0.413 e. The molecular formula is C21H21ClN8O4. The van der Waals surface area contributed by atoms with Gasteiger partial charge in [0.1, 0.15) is 11.3 Å². The summed E-state index contributed by atoms with van der Waals surface area (Å²) >= 11 is 6.06. The van der Waals surface area contributed by atoms with E-state index in [4.69, 9.17) is 16.3 Å². The largest absolute Gasteiger partial charge is 0.441 e. The van der Waals surface area contributed by atoms with Gasteiger partial charge in [0.15, 0.2) is 11.5 Å². The molecule has 1 aliphatic heterocycles. The van der Waals surface area contributed by atoms with Crippen molar-refractivity contribution >= 4 is 41.0 Å². The quantitative estimate of drug-likeness (QED) is 0.450. The number of pyridine rings is 2. The standard InChI is InChI=1S/C21H21ClN8O4/c1-11(14-4-3-7-23-18(14)22)34-21(33)27-19-17(28-29-30(19)2)15-6-5-13(10-24-15)26-20(32)12-8-16(31)25-9-12/h3-7,10-12H,8-9H2,1-2H3,(H,25,31)(H,26,32)(H,27,33)/t11-,12-/m1/s1. The third-order valence-corrected chi connectivity index (χ3v) is 5.49. The average molecular weight is 485 g/mol. The molecule has 13 heteroatoms. The Morgan fingerprint density at radius 1 is 1.26 bits per heavy atom. The van der Waals surface area contributed by atoms with Crippen LogP contribution in [0.3, 0.4) is 0 Å². The number of hydrogen-bond donors (Lipinski definition) is 3. The van der Waals surface area contributed by atoms with Gasteiger partial charge in [-0.25, -0.2) is 14.5 Å². The molecule has 4 heterocycles. The van der Waals surface area contributed by atoms with Gasteiger partial charge in [-0.05, 0) is 25.1 Å². The van der Waals surface area contributed by atoms with Crippen LogP contribution in [-0.2, 0) is 21.4 Å². The summed E-state index contributed by atoms with van der Waals surface area (Å²) in [6.07, 6.45) is 1.79. The van der Waals surface area contributed by atoms with Crippen LogP contribution in [0.2, 0.25) is 5.15 Å². The maximum atomic E-state index is 12.5. The first kappa shape index (κ1) is 23.1. The van der Waals surface area contributed by atoms with E-state index in [0.29, 0.717) is 29.2 Å². The first-order valence-electron chi connectivity index (χ1n) is 10.3. The number of hydrogen-bond acceptors (Lipinski definition) is 8. The maximum absolute atomic E-state index is 12.5. The Morgan fingerprint density at radius 2 is 2.09 bits per heavy atom. The molecule has 176 valence electrons. The van der Waals surface area contributed by atoms with Crippen LogP contribution in [0, 0.1) is 5.92 Å². The molecule has 0 radical (unpaired) electrons. The fraction of sp³-hybridized carbons (Fsp3) is 0.286. The molecule has 0 aliphatic carbocycles. The number of anilines is 2. The van der Waals surface area contributed by atoms with E-state index in [1.54, 1.807) is 44.4 Å². The molecular weight excluding hydrogens is 464 g/mol. The number of carbonyl (C=O) groups is 3. The number of nitrogens with one attached hydrogen (secondary N) is 3. The first-order chi connectivity index (χ1) is 16.3. The highest BCUT2D eigenvalue weighted by molar-refractivity contribution is 6.30. The molecule has 1 saturated heterocycles. The number of amides is 3. The molecule has 3 aromatic heterocycles. The molecule has 0 unspecified atom stereocenters. The summed E-state index contributed by atoms with van der Waals surface area (Å²) < 4.78 is 6.79. The zero-order chi connectivity index (χ0) is 24.2. The lowest BCUT2D eigenvalue weighted by molar-refractivity contribution is -0.123. The van der Waals surface area contributed by atoms with E-state index in [0.717, 1.165) is 0 Å². The summed E-state index contributed by atoms with van der Waals surface area (Å²) in [6, 6.07) is 6.69. The number of halogens is 1. The van der Waals surface area contributed by atoms with E-state index in [2.05, 4.69) is 36.2 Å². The third-order valence-electron chi connectivity index (χ3n) is 5.18. The number of carbonyl (C=O) groups excluding carboxylic acids is 3. The van der Waals surface area contributed by atoms with Gasteiger partial charge in [-0.15, -0.1) is 5.10 Å². The predicted octanol–water partition coefficient (Wildman–Crippen LogP) is 2.31. The summed E-state index contributed by atoms with van der Waals surface area (Å²) in [7, 11) is 1.61. The number of aryl methyl sites for hydroxylation is 1. The second-order valence-corrected chi connectivity index (χ2v) is 7.95. The van der Waals surface area contributed by atoms with Crippen molar-refractivity contribution in [2.24, 2.45) is 13.0 Å². The Labute approximate surface area is 199 Å². The van der Waals surface area contributed by atoms with Gasteiger partial charge in [-0.3, -0.25) is 19.9 Å². The molecule has 3 amide bonds. The van der Waals surface area contributed by atoms with Gasteiger partial charge in [0, 0.05) is 31.8 Å². The second kappa shape index (κ2) is 9.83. The predicted molar refractivity (Wildman–Crippen MR) is 122 cm³/mol. The van der Waals surface area contributed by atoms with Crippen molar-refractivity contribution < 1.29 is 19.1 Å². The van der Waals surface area contributed by atoms with Crippen LogP contribution in [0.25, 0.3) is 11.4 Å². The molecule has 1 fully saturated rings. The maximum Gasteiger partial charge on any atom is 0.413 e. The highest BCUT2D eigenvalue weighted by Gasteiger charge is 2.28. The van der Waals surface area contributed by atoms with E-state index < -0.39 is 18.1 Å². The van der Waals surface area contributed by atoms with Gasteiger partial charge in [0.2, 0.25) is 11.8 Å². The fourth-order valence-electron chi connectivity index (χ4n) is 3.36. The fourth-order valence-corrected chi connectivity index (χ4v) is 3.64. The normalized spacial score (nSPS) is 16.0. The van der Waals surface area contributed by atoms with Gasteiger partial charge in [0.05, 0.1) is 23.5 Å². The van der Waals surface area contributed by atoms with Crippen LogP contribution in [0.5, 0.6) is 0 Å². The summed E-state index contributed by atoms with van der Waals surface area (Å²) in [6.45, 7) is 1.99.